The van der Waals surface area contributed by atoms with Gasteiger partial charge in [0, 0.05) is 12.6 Å². The first kappa shape index (κ1) is 23.1. The van der Waals surface area contributed by atoms with Gasteiger partial charge in [0.1, 0.15) is 12.4 Å². The second-order valence-electron chi connectivity index (χ2n) is 9.10. The molecule has 1 aliphatic heterocycles. The molecule has 0 aliphatic carbocycles. The van der Waals surface area contributed by atoms with E-state index in [0.717, 1.165) is 18.4 Å². The molecule has 0 aromatic heterocycles. The number of fused-ring (bicyclic) bond motifs is 1. The predicted molar refractivity (Wildman–Crippen MR) is 124 cm³/mol. The Kier molecular flexibility index (Phi) is 6.65. The lowest BCUT2D eigenvalue weighted by atomic mass is 9.92. The molecule has 1 aliphatic rings. The monoisotopic (exact) mass is 444 g/mol. The summed E-state index contributed by atoms with van der Waals surface area (Å²) < 4.78 is 34.2. The number of rotatable bonds is 7. The number of sulfonamides is 1. The van der Waals surface area contributed by atoms with Crippen molar-refractivity contribution in [2.75, 3.05) is 22.8 Å². The summed E-state index contributed by atoms with van der Waals surface area (Å²) in [6.07, 6.45) is 1.71. The van der Waals surface area contributed by atoms with Crippen LogP contribution in [-0.2, 0) is 21.2 Å². The van der Waals surface area contributed by atoms with Crippen LogP contribution in [0.1, 0.15) is 46.6 Å². The first-order chi connectivity index (χ1) is 14.5. The van der Waals surface area contributed by atoms with Crippen molar-refractivity contribution in [2.45, 2.75) is 52.4 Å². The van der Waals surface area contributed by atoms with Crippen LogP contribution in [0, 0.1) is 11.3 Å². The fourth-order valence-corrected chi connectivity index (χ4v) is 4.49. The lowest BCUT2D eigenvalue weighted by Gasteiger charge is -2.28. The summed E-state index contributed by atoms with van der Waals surface area (Å²) in [5.41, 5.74) is 1.48. The van der Waals surface area contributed by atoms with Crippen LogP contribution in [0.5, 0.6) is 5.75 Å². The highest BCUT2D eigenvalue weighted by Crippen LogP contribution is 2.38. The van der Waals surface area contributed by atoms with Crippen molar-refractivity contribution in [3.8, 4) is 5.75 Å². The molecule has 2 aromatic carbocycles. The Bertz CT molecular complexity index is 1040. The molecular weight excluding hydrogens is 412 g/mol. The topological polar surface area (TPSA) is 75.7 Å². The number of amides is 1. The number of hydrogen-bond donors (Lipinski definition) is 1. The van der Waals surface area contributed by atoms with Crippen molar-refractivity contribution in [2.24, 2.45) is 11.3 Å². The molecule has 0 bridgehead atoms. The molecule has 0 fully saturated rings. The SMILES string of the molecule is CCc1ccc(S(=O)(=O)Nc2ccc3c(c2)OCC(C)(C)C(=O)N3CCC(C)C)cc1. The molecule has 0 unspecified atom stereocenters. The Morgan fingerprint density at radius 2 is 1.81 bits per heavy atom. The third-order valence-corrected chi connectivity index (χ3v) is 6.88. The maximum Gasteiger partial charge on any atom is 0.261 e. The maximum atomic E-state index is 13.1. The van der Waals surface area contributed by atoms with Crippen LogP contribution in [0.25, 0.3) is 0 Å². The molecule has 31 heavy (non-hydrogen) atoms. The van der Waals surface area contributed by atoms with Crippen LogP contribution in [0.3, 0.4) is 0 Å². The molecule has 1 N–H and O–H groups in total. The fraction of sp³-hybridized carbons (Fsp3) is 0.458. The van der Waals surface area contributed by atoms with Gasteiger partial charge in [0.2, 0.25) is 5.91 Å². The first-order valence-electron chi connectivity index (χ1n) is 10.7. The molecule has 2 aromatic rings. The van der Waals surface area contributed by atoms with E-state index >= 15 is 0 Å². The smallest absolute Gasteiger partial charge is 0.261 e. The lowest BCUT2D eigenvalue weighted by molar-refractivity contribution is -0.127. The zero-order valence-corrected chi connectivity index (χ0v) is 19.8. The van der Waals surface area contributed by atoms with Gasteiger partial charge < -0.3 is 9.64 Å². The van der Waals surface area contributed by atoms with Gasteiger partial charge in [0.15, 0.2) is 0 Å². The zero-order valence-electron chi connectivity index (χ0n) is 18.9. The molecule has 0 saturated carbocycles. The fourth-order valence-electron chi connectivity index (χ4n) is 3.44. The minimum atomic E-state index is -3.73. The Labute approximate surface area is 185 Å². The number of hydrogen-bond acceptors (Lipinski definition) is 4. The quantitative estimate of drug-likeness (QED) is 0.662. The molecule has 3 rings (SSSR count). The van der Waals surface area contributed by atoms with Crippen molar-refractivity contribution in [3.05, 3.63) is 48.0 Å². The van der Waals surface area contributed by atoms with E-state index in [2.05, 4.69) is 18.6 Å². The zero-order chi connectivity index (χ0) is 22.8. The highest BCUT2D eigenvalue weighted by Gasteiger charge is 2.37. The molecule has 168 valence electrons. The molecule has 0 spiro atoms. The third-order valence-electron chi connectivity index (χ3n) is 5.49. The van der Waals surface area contributed by atoms with E-state index in [-0.39, 0.29) is 17.4 Å². The summed E-state index contributed by atoms with van der Waals surface area (Å²) in [7, 11) is -3.73. The Morgan fingerprint density at radius 3 is 2.42 bits per heavy atom. The van der Waals surface area contributed by atoms with Crippen LogP contribution in [0.2, 0.25) is 0 Å². The van der Waals surface area contributed by atoms with Crippen molar-refractivity contribution in [3.63, 3.8) is 0 Å². The Morgan fingerprint density at radius 1 is 1.13 bits per heavy atom. The van der Waals surface area contributed by atoms with E-state index in [1.54, 1.807) is 35.2 Å². The summed E-state index contributed by atoms with van der Waals surface area (Å²) in [6.45, 7) is 10.8. The number of ether oxygens (including phenoxy) is 1. The largest absolute Gasteiger partial charge is 0.490 e. The van der Waals surface area contributed by atoms with Gasteiger partial charge in [-0.3, -0.25) is 9.52 Å². The molecule has 1 heterocycles. The number of benzene rings is 2. The first-order valence-corrected chi connectivity index (χ1v) is 12.2. The van der Waals surface area contributed by atoms with Crippen molar-refractivity contribution < 1.29 is 17.9 Å². The average molecular weight is 445 g/mol. The van der Waals surface area contributed by atoms with E-state index < -0.39 is 15.4 Å². The van der Waals surface area contributed by atoms with Gasteiger partial charge in [-0.05, 0) is 62.4 Å². The molecule has 0 radical (unpaired) electrons. The van der Waals surface area contributed by atoms with Crippen LogP contribution < -0.4 is 14.4 Å². The van der Waals surface area contributed by atoms with Crippen LogP contribution in [0.4, 0.5) is 11.4 Å². The number of carbonyl (C=O) groups excluding carboxylic acids is 1. The Hall–Kier alpha value is -2.54. The molecule has 1 amide bonds. The molecule has 0 saturated heterocycles. The second-order valence-corrected chi connectivity index (χ2v) is 10.8. The standard InChI is InChI=1S/C24H32N2O4S/c1-6-18-7-10-20(11-8-18)31(28,29)25-19-9-12-21-22(15-19)30-16-24(4,5)23(27)26(21)14-13-17(2)3/h7-12,15,17,25H,6,13-14,16H2,1-5H3. The van der Waals surface area contributed by atoms with Gasteiger partial charge in [0.25, 0.3) is 10.0 Å². The third kappa shape index (κ3) is 5.21. The van der Waals surface area contributed by atoms with Gasteiger partial charge in [-0.2, -0.15) is 0 Å². The second kappa shape index (κ2) is 8.91. The van der Waals surface area contributed by atoms with E-state index in [4.69, 9.17) is 4.74 Å². The average Bonchev–Trinajstić information content (AvgIpc) is 2.81. The molecule has 7 heteroatoms. The highest BCUT2D eigenvalue weighted by molar-refractivity contribution is 7.92. The number of carbonyl (C=O) groups is 1. The van der Waals surface area contributed by atoms with Crippen molar-refractivity contribution in [1.29, 1.82) is 0 Å². The summed E-state index contributed by atoms with van der Waals surface area (Å²) in [5.74, 6) is 0.967. The minimum Gasteiger partial charge on any atom is -0.490 e. The number of nitrogens with one attached hydrogen (secondary N) is 1. The summed E-state index contributed by atoms with van der Waals surface area (Å²) >= 11 is 0. The lowest BCUT2D eigenvalue weighted by Crippen LogP contribution is -2.42. The van der Waals surface area contributed by atoms with Crippen molar-refractivity contribution in [1.82, 2.24) is 0 Å². The van der Waals surface area contributed by atoms with E-state index in [0.29, 0.717) is 29.6 Å². The summed E-state index contributed by atoms with van der Waals surface area (Å²) in [5, 5.41) is 0. The van der Waals surface area contributed by atoms with Gasteiger partial charge in [-0.1, -0.05) is 32.9 Å². The molecule has 0 atom stereocenters. The van der Waals surface area contributed by atoms with Crippen LogP contribution >= 0.6 is 0 Å². The predicted octanol–water partition coefficient (Wildman–Crippen LogP) is 4.85. The van der Waals surface area contributed by atoms with E-state index in [1.807, 2.05) is 32.9 Å². The van der Waals surface area contributed by atoms with E-state index in [1.165, 1.54) is 0 Å². The minimum absolute atomic E-state index is 0.0104. The van der Waals surface area contributed by atoms with Crippen LogP contribution in [-0.4, -0.2) is 27.5 Å². The Balaban J connectivity index is 1.91. The van der Waals surface area contributed by atoms with Gasteiger partial charge in [-0.25, -0.2) is 8.42 Å². The van der Waals surface area contributed by atoms with E-state index in [9.17, 15) is 13.2 Å². The summed E-state index contributed by atoms with van der Waals surface area (Å²) in [4.78, 5) is 15.1. The highest BCUT2D eigenvalue weighted by atomic mass is 32.2. The number of nitrogens with zero attached hydrogens (tertiary/aromatic N) is 1. The summed E-state index contributed by atoms with van der Waals surface area (Å²) in [6, 6.07) is 11.9. The normalized spacial score (nSPS) is 15.9. The van der Waals surface area contributed by atoms with Gasteiger partial charge in [-0.15, -0.1) is 0 Å². The number of aryl methyl sites for hydroxylation is 1. The van der Waals surface area contributed by atoms with Gasteiger partial charge in [0.05, 0.1) is 21.7 Å². The molecule has 6 nitrogen and oxygen atoms in total. The van der Waals surface area contributed by atoms with Crippen molar-refractivity contribution >= 4 is 27.3 Å². The molecular formula is C24H32N2O4S. The van der Waals surface area contributed by atoms with Crippen LogP contribution in [0.15, 0.2) is 47.4 Å². The number of anilines is 2. The maximum absolute atomic E-state index is 13.1. The van der Waals surface area contributed by atoms with Gasteiger partial charge >= 0.3 is 0 Å².